The van der Waals surface area contributed by atoms with Gasteiger partial charge in [0.1, 0.15) is 12.4 Å². The van der Waals surface area contributed by atoms with Crippen LogP contribution in [0.1, 0.15) is 36.3 Å². The van der Waals surface area contributed by atoms with Crippen LogP contribution in [-0.4, -0.2) is 50.8 Å². The molecule has 0 N–H and O–H groups in total. The minimum absolute atomic E-state index is 0.0282. The van der Waals surface area contributed by atoms with Crippen LogP contribution in [0.5, 0.6) is 17.2 Å². The molecular formula is C30H34N2O4. The quantitative estimate of drug-likeness (QED) is 0.370. The van der Waals surface area contributed by atoms with E-state index in [1.165, 1.54) is 24.0 Å². The van der Waals surface area contributed by atoms with E-state index >= 15 is 0 Å². The van der Waals surface area contributed by atoms with Crippen molar-refractivity contribution in [3.63, 3.8) is 0 Å². The average Bonchev–Trinajstić information content (AvgIpc) is 3.69. The standard InChI is InChI=1S/C30H34N2O4/c1-31(21-22-6-4-3-5-7-22)18-19-35-27-15-12-25(20-29(27)34-2)32-17-16-28(30(32)33)36-26-13-10-24(11-14-26)23-8-9-23/h3-7,10-15,20,23,28H,8-9,16-19,21H2,1-2H3/t28-/m0/s1. The number of carbonyl (C=O) groups excluding carboxylic acids is 1. The highest BCUT2D eigenvalue weighted by Crippen LogP contribution is 2.40. The molecule has 2 aliphatic rings. The fraction of sp³-hybridized carbons (Fsp3) is 0.367. The van der Waals surface area contributed by atoms with Gasteiger partial charge < -0.3 is 19.1 Å². The van der Waals surface area contributed by atoms with Crippen molar-refractivity contribution in [1.82, 2.24) is 4.90 Å². The second kappa shape index (κ2) is 11.0. The first kappa shape index (κ1) is 24.2. The van der Waals surface area contributed by atoms with Crippen molar-refractivity contribution in [3.05, 3.63) is 83.9 Å². The van der Waals surface area contributed by atoms with Gasteiger partial charge in [-0.3, -0.25) is 9.69 Å². The van der Waals surface area contributed by atoms with E-state index in [-0.39, 0.29) is 5.91 Å². The van der Waals surface area contributed by atoms with Crippen LogP contribution in [0.2, 0.25) is 0 Å². The first-order valence-electron chi connectivity index (χ1n) is 12.7. The lowest BCUT2D eigenvalue weighted by atomic mass is 10.1. The summed E-state index contributed by atoms with van der Waals surface area (Å²) in [6, 6.07) is 24.2. The minimum Gasteiger partial charge on any atom is -0.493 e. The molecule has 36 heavy (non-hydrogen) atoms. The van der Waals surface area contributed by atoms with E-state index in [2.05, 4.69) is 48.3 Å². The Bertz CT molecular complexity index is 1160. The predicted octanol–water partition coefficient (Wildman–Crippen LogP) is 5.27. The third kappa shape index (κ3) is 5.82. The largest absolute Gasteiger partial charge is 0.493 e. The molecule has 0 spiro atoms. The van der Waals surface area contributed by atoms with E-state index in [1.807, 2.05) is 36.4 Å². The molecule has 3 aromatic carbocycles. The Morgan fingerprint density at radius 2 is 1.72 bits per heavy atom. The van der Waals surface area contributed by atoms with E-state index < -0.39 is 6.10 Å². The predicted molar refractivity (Wildman–Crippen MR) is 141 cm³/mol. The summed E-state index contributed by atoms with van der Waals surface area (Å²) in [5, 5.41) is 0. The van der Waals surface area contributed by atoms with Gasteiger partial charge in [-0.15, -0.1) is 0 Å². The molecule has 1 aliphatic heterocycles. The van der Waals surface area contributed by atoms with Crippen LogP contribution in [0.25, 0.3) is 0 Å². The smallest absolute Gasteiger partial charge is 0.268 e. The third-order valence-electron chi connectivity index (χ3n) is 6.85. The van der Waals surface area contributed by atoms with Gasteiger partial charge in [0.25, 0.3) is 5.91 Å². The van der Waals surface area contributed by atoms with Gasteiger partial charge in [-0.05, 0) is 61.2 Å². The topological polar surface area (TPSA) is 51.2 Å². The molecule has 2 fully saturated rings. The molecule has 5 rings (SSSR count). The monoisotopic (exact) mass is 486 g/mol. The minimum atomic E-state index is -0.473. The van der Waals surface area contributed by atoms with Gasteiger partial charge in [-0.2, -0.15) is 0 Å². The molecule has 0 aromatic heterocycles. The van der Waals surface area contributed by atoms with Crippen LogP contribution >= 0.6 is 0 Å². The average molecular weight is 487 g/mol. The van der Waals surface area contributed by atoms with Crippen LogP contribution < -0.4 is 19.1 Å². The fourth-order valence-corrected chi connectivity index (χ4v) is 4.65. The molecule has 0 unspecified atom stereocenters. The van der Waals surface area contributed by atoms with Gasteiger partial charge in [0, 0.05) is 37.8 Å². The highest BCUT2D eigenvalue weighted by molar-refractivity contribution is 5.99. The van der Waals surface area contributed by atoms with Crippen LogP contribution in [0, 0.1) is 0 Å². The maximum atomic E-state index is 13.1. The van der Waals surface area contributed by atoms with Gasteiger partial charge in [0.15, 0.2) is 17.6 Å². The Kier molecular flexibility index (Phi) is 7.42. The Hall–Kier alpha value is -3.51. The van der Waals surface area contributed by atoms with E-state index in [4.69, 9.17) is 14.2 Å². The number of hydrogen-bond acceptors (Lipinski definition) is 5. The molecule has 6 nitrogen and oxygen atoms in total. The molecular weight excluding hydrogens is 452 g/mol. The van der Waals surface area contributed by atoms with Crippen molar-refractivity contribution in [3.8, 4) is 17.2 Å². The second-order valence-corrected chi connectivity index (χ2v) is 9.64. The highest BCUT2D eigenvalue weighted by Gasteiger charge is 2.35. The lowest BCUT2D eigenvalue weighted by molar-refractivity contribution is -0.122. The summed E-state index contributed by atoms with van der Waals surface area (Å²) < 4.78 is 17.6. The first-order valence-corrected chi connectivity index (χ1v) is 12.7. The third-order valence-corrected chi connectivity index (χ3v) is 6.85. The SMILES string of the molecule is COc1cc(N2CC[C@H](Oc3ccc(C4CC4)cc3)C2=O)ccc1OCCN(C)Cc1ccccc1. The molecule has 6 heteroatoms. The summed E-state index contributed by atoms with van der Waals surface area (Å²) in [7, 11) is 3.70. The number of likely N-dealkylation sites (N-methyl/N-ethyl adjacent to an activating group) is 1. The summed E-state index contributed by atoms with van der Waals surface area (Å²) in [6.45, 7) is 2.80. The van der Waals surface area contributed by atoms with Crippen LogP contribution in [0.4, 0.5) is 5.69 Å². The number of ether oxygens (including phenoxy) is 3. The summed E-state index contributed by atoms with van der Waals surface area (Å²) in [4.78, 5) is 17.1. The number of nitrogens with zero attached hydrogens (tertiary/aromatic N) is 2. The number of benzene rings is 3. The van der Waals surface area contributed by atoms with Gasteiger partial charge in [-0.25, -0.2) is 0 Å². The number of hydrogen-bond donors (Lipinski definition) is 0. The Labute approximate surface area is 213 Å². The zero-order valence-corrected chi connectivity index (χ0v) is 21.1. The lowest BCUT2D eigenvalue weighted by Gasteiger charge is -2.20. The van der Waals surface area contributed by atoms with Crippen molar-refractivity contribution in [2.45, 2.75) is 37.8 Å². The van der Waals surface area contributed by atoms with Crippen LogP contribution in [0.15, 0.2) is 72.8 Å². The number of amides is 1. The molecule has 1 amide bonds. The summed E-state index contributed by atoms with van der Waals surface area (Å²) in [5.41, 5.74) is 3.43. The van der Waals surface area contributed by atoms with E-state index in [1.54, 1.807) is 12.0 Å². The highest BCUT2D eigenvalue weighted by atomic mass is 16.5. The van der Waals surface area contributed by atoms with E-state index in [9.17, 15) is 4.79 Å². The maximum Gasteiger partial charge on any atom is 0.268 e. The zero-order chi connectivity index (χ0) is 24.9. The zero-order valence-electron chi connectivity index (χ0n) is 21.1. The van der Waals surface area contributed by atoms with Crippen molar-refractivity contribution in [1.29, 1.82) is 0 Å². The Balaban J connectivity index is 1.15. The Morgan fingerprint density at radius 3 is 2.44 bits per heavy atom. The molecule has 1 atom stereocenters. The second-order valence-electron chi connectivity index (χ2n) is 9.64. The summed E-state index contributed by atoms with van der Waals surface area (Å²) in [5.74, 6) is 2.72. The molecule has 1 saturated carbocycles. The Morgan fingerprint density at radius 1 is 0.944 bits per heavy atom. The van der Waals surface area contributed by atoms with Gasteiger partial charge in [0.2, 0.25) is 0 Å². The van der Waals surface area contributed by atoms with E-state index in [0.717, 1.165) is 24.5 Å². The number of methoxy groups -OCH3 is 1. The van der Waals surface area contributed by atoms with Gasteiger partial charge in [-0.1, -0.05) is 42.5 Å². The molecule has 1 heterocycles. The molecule has 3 aromatic rings. The van der Waals surface area contributed by atoms with Crippen molar-refractivity contribution < 1.29 is 19.0 Å². The molecule has 1 saturated heterocycles. The number of anilines is 1. The first-order chi connectivity index (χ1) is 17.6. The maximum absolute atomic E-state index is 13.1. The molecule has 1 aliphatic carbocycles. The van der Waals surface area contributed by atoms with Crippen molar-refractivity contribution >= 4 is 11.6 Å². The van der Waals surface area contributed by atoms with Crippen LogP contribution in [-0.2, 0) is 11.3 Å². The van der Waals surface area contributed by atoms with Crippen LogP contribution in [0.3, 0.4) is 0 Å². The van der Waals surface area contributed by atoms with Gasteiger partial charge >= 0.3 is 0 Å². The van der Waals surface area contributed by atoms with E-state index in [0.29, 0.717) is 37.0 Å². The fourth-order valence-electron chi connectivity index (χ4n) is 4.65. The number of carbonyl (C=O) groups is 1. The summed E-state index contributed by atoms with van der Waals surface area (Å²) >= 11 is 0. The number of rotatable bonds is 11. The molecule has 188 valence electrons. The lowest BCUT2D eigenvalue weighted by Crippen LogP contribution is -2.32. The van der Waals surface area contributed by atoms with Crippen molar-refractivity contribution in [2.75, 3.05) is 38.8 Å². The molecule has 0 radical (unpaired) electrons. The molecule has 0 bridgehead atoms. The van der Waals surface area contributed by atoms with Crippen molar-refractivity contribution in [2.24, 2.45) is 0 Å². The summed E-state index contributed by atoms with van der Waals surface area (Å²) in [6.07, 6.45) is 2.72. The van der Waals surface area contributed by atoms with Gasteiger partial charge in [0.05, 0.1) is 7.11 Å². The normalized spacial score (nSPS) is 17.5.